The van der Waals surface area contributed by atoms with Crippen molar-refractivity contribution in [3.63, 3.8) is 0 Å². The summed E-state index contributed by atoms with van der Waals surface area (Å²) in [7, 11) is 0. The fourth-order valence-electron chi connectivity index (χ4n) is 0.495. The molecule has 0 saturated carbocycles. The van der Waals surface area contributed by atoms with E-state index < -0.39 is 23.8 Å². The summed E-state index contributed by atoms with van der Waals surface area (Å²) < 4.78 is 4.64. The zero-order chi connectivity index (χ0) is 10.4. The average Bonchev–Trinajstić information content (AvgIpc) is 2.11. The number of aliphatic hydroxyl groups excluding tert-OH is 1. The van der Waals surface area contributed by atoms with Crippen molar-refractivity contribution in [1.29, 1.82) is 0 Å². The average molecular weight is 190 g/mol. The molecule has 2 atom stereocenters. The Morgan fingerprint density at radius 3 is 2.23 bits per heavy atom. The van der Waals surface area contributed by atoms with Gasteiger partial charge >= 0.3 is 11.9 Å². The van der Waals surface area contributed by atoms with Gasteiger partial charge in [-0.2, -0.15) is 0 Å². The van der Waals surface area contributed by atoms with Crippen LogP contribution in [0.3, 0.4) is 0 Å². The molecule has 0 saturated heterocycles. The molecule has 13 heavy (non-hydrogen) atoms. The molecule has 0 amide bonds. The van der Waals surface area contributed by atoms with Crippen molar-refractivity contribution >= 4 is 11.9 Å². The number of hydrogen-bond donors (Lipinski definition) is 2. The standard InChI is InChI=1S/C8H14O5/c1-5(3-9)8(12)13-4-6(2)7(10)11/h5-6,9H,3-4H2,1-2H3,(H,10,11). The second kappa shape index (κ2) is 5.53. The van der Waals surface area contributed by atoms with Gasteiger partial charge in [-0.05, 0) is 13.8 Å². The molecule has 0 aromatic heterocycles. The Morgan fingerprint density at radius 2 is 1.85 bits per heavy atom. The molecule has 0 aliphatic heterocycles. The van der Waals surface area contributed by atoms with Crippen LogP contribution in [-0.2, 0) is 14.3 Å². The third-order valence-electron chi connectivity index (χ3n) is 1.57. The molecule has 0 aliphatic carbocycles. The van der Waals surface area contributed by atoms with Crippen LogP contribution in [0.25, 0.3) is 0 Å². The lowest BCUT2D eigenvalue weighted by Gasteiger charge is -2.10. The second-order valence-electron chi connectivity index (χ2n) is 2.95. The monoisotopic (exact) mass is 190 g/mol. The van der Waals surface area contributed by atoms with E-state index in [-0.39, 0.29) is 13.2 Å². The van der Waals surface area contributed by atoms with Crippen LogP contribution in [0.5, 0.6) is 0 Å². The number of hydrogen-bond acceptors (Lipinski definition) is 4. The first-order valence-electron chi connectivity index (χ1n) is 3.99. The van der Waals surface area contributed by atoms with Gasteiger partial charge in [-0.3, -0.25) is 9.59 Å². The van der Waals surface area contributed by atoms with Gasteiger partial charge in [0, 0.05) is 0 Å². The first-order valence-corrected chi connectivity index (χ1v) is 3.99. The Bertz CT molecular complexity index is 189. The first-order chi connectivity index (χ1) is 5.99. The maximum Gasteiger partial charge on any atom is 0.311 e. The van der Waals surface area contributed by atoms with Crippen molar-refractivity contribution in [1.82, 2.24) is 0 Å². The molecule has 0 heterocycles. The maximum absolute atomic E-state index is 10.9. The number of aliphatic hydroxyl groups is 1. The van der Waals surface area contributed by atoms with Crippen LogP contribution >= 0.6 is 0 Å². The van der Waals surface area contributed by atoms with E-state index in [1.54, 1.807) is 0 Å². The largest absolute Gasteiger partial charge is 0.481 e. The van der Waals surface area contributed by atoms with Crippen LogP contribution < -0.4 is 0 Å². The molecule has 0 aromatic carbocycles. The molecule has 2 unspecified atom stereocenters. The third-order valence-corrected chi connectivity index (χ3v) is 1.57. The molecule has 5 heteroatoms. The number of aliphatic carboxylic acids is 1. The van der Waals surface area contributed by atoms with E-state index in [9.17, 15) is 9.59 Å². The Kier molecular flexibility index (Phi) is 5.06. The summed E-state index contributed by atoms with van der Waals surface area (Å²) in [5.41, 5.74) is 0. The molecular weight excluding hydrogens is 176 g/mol. The zero-order valence-electron chi connectivity index (χ0n) is 7.69. The van der Waals surface area contributed by atoms with Gasteiger partial charge in [-0.1, -0.05) is 0 Å². The maximum atomic E-state index is 10.9. The van der Waals surface area contributed by atoms with E-state index in [0.717, 1.165) is 0 Å². The van der Waals surface area contributed by atoms with Gasteiger partial charge in [-0.15, -0.1) is 0 Å². The zero-order valence-corrected chi connectivity index (χ0v) is 7.69. The summed E-state index contributed by atoms with van der Waals surface area (Å²) >= 11 is 0. The number of carboxylic acid groups (broad SMARTS) is 1. The lowest BCUT2D eigenvalue weighted by molar-refractivity contribution is -0.154. The molecule has 0 fully saturated rings. The number of ether oxygens (including phenoxy) is 1. The highest BCUT2D eigenvalue weighted by molar-refractivity contribution is 5.73. The van der Waals surface area contributed by atoms with E-state index in [2.05, 4.69) is 4.74 Å². The van der Waals surface area contributed by atoms with Crippen molar-refractivity contribution < 1.29 is 24.5 Å². The fourth-order valence-corrected chi connectivity index (χ4v) is 0.495. The van der Waals surface area contributed by atoms with E-state index in [0.29, 0.717) is 0 Å². The van der Waals surface area contributed by atoms with Crippen molar-refractivity contribution in [3.05, 3.63) is 0 Å². The van der Waals surface area contributed by atoms with Crippen molar-refractivity contribution in [2.24, 2.45) is 11.8 Å². The summed E-state index contributed by atoms with van der Waals surface area (Å²) in [6.07, 6.45) is 0. The highest BCUT2D eigenvalue weighted by Gasteiger charge is 2.17. The van der Waals surface area contributed by atoms with Gasteiger partial charge in [0.05, 0.1) is 18.4 Å². The minimum Gasteiger partial charge on any atom is -0.481 e. The van der Waals surface area contributed by atoms with Crippen LogP contribution in [0.2, 0.25) is 0 Å². The van der Waals surface area contributed by atoms with Crippen LogP contribution in [0.1, 0.15) is 13.8 Å². The quantitative estimate of drug-likeness (QED) is 0.590. The van der Waals surface area contributed by atoms with Crippen molar-refractivity contribution in [3.8, 4) is 0 Å². The summed E-state index contributed by atoms with van der Waals surface area (Å²) in [5.74, 6) is -2.89. The van der Waals surface area contributed by atoms with Gasteiger partial charge in [0.1, 0.15) is 6.61 Å². The molecule has 0 aliphatic rings. The molecule has 0 spiro atoms. The number of carboxylic acids is 1. The molecule has 0 rings (SSSR count). The van der Waals surface area contributed by atoms with Gasteiger partial charge in [0.15, 0.2) is 0 Å². The molecular formula is C8H14O5. The van der Waals surface area contributed by atoms with Crippen LogP contribution in [0.15, 0.2) is 0 Å². The minimum absolute atomic E-state index is 0.154. The van der Waals surface area contributed by atoms with Crippen molar-refractivity contribution in [2.45, 2.75) is 13.8 Å². The highest BCUT2D eigenvalue weighted by atomic mass is 16.5. The third kappa shape index (κ3) is 4.47. The van der Waals surface area contributed by atoms with Gasteiger partial charge < -0.3 is 14.9 Å². The molecule has 0 bridgehead atoms. The van der Waals surface area contributed by atoms with Crippen LogP contribution in [-0.4, -0.2) is 35.4 Å². The van der Waals surface area contributed by atoms with Crippen LogP contribution in [0.4, 0.5) is 0 Å². The minimum atomic E-state index is -1.01. The molecule has 2 N–H and O–H groups in total. The predicted octanol–water partition coefficient (Wildman–Crippen LogP) is -0.121. The van der Waals surface area contributed by atoms with E-state index in [1.807, 2.05) is 0 Å². The smallest absolute Gasteiger partial charge is 0.311 e. The van der Waals surface area contributed by atoms with Crippen molar-refractivity contribution in [2.75, 3.05) is 13.2 Å². The Labute approximate surface area is 76.3 Å². The predicted molar refractivity (Wildman–Crippen MR) is 44.0 cm³/mol. The normalized spacial score (nSPS) is 14.7. The SMILES string of the molecule is CC(COC(=O)C(C)CO)C(=O)O. The Hall–Kier alpha value is -1.10. The second-order valence-corrected chi connectivity index (χ2v) is 2.95. The van der Waals surface area contributed by atoms with Crippen LogP contribution in [0, 0.1) is 11.8 Å². The van der Waals surface area contributed by atoms with E-state index >= 15 is 0 Å². The number of rotatable bonds is 5. The fraction of sp³-hybridized carbons (Fsp3) is 0.750. The number of carbonyl (C=O) groups excluding carboxylic acids is 1. The molecule has 76 valence electrons. The Morgan fingerprint density at radius 1 is 1.31 bits per heavy atom. The molecule has 0 aromatic rings. The van der Waals surface area contributed by atoms with E-state index in [1.165, 1.54) is 13.8 Å². The first kappa shape index (κ1) is 11.9. The summed E-state index contributed by atoms with van der Waals surface area (Å²) in [5, 5.41) is 17.0. The molecule has 0 radical (unpaired) electrons. The topological polar surface area (TPSA) is 83.8 Å². The van der Waals surface area contributed by atoms with Gasteiger partial charge in [-0.25, -0.2) is 0 Å². The Balaban J connectivity index is 3.76. The van der Waals surface area contributed by atoms with Gasteiger partial charge in [0.2, 0.25) is 0 Å². The number of carbonyl (C=O) groups is 2. The lowest BCUT2D eigenvalue weighted by atomic mass is 10.2. The highest BCUT2D eigenvalue weighted by Crippen LogP contribution is 2.01. The molecule has 5 nitrogen and oxygen atoms in total. The van der Waals surface area contributed by atoms with E-state index in [4.69, 9.17) is 10.2 Å². The summed E-state index contributed by atoms with van der Waals surface area (Å²) in [6, 6.07) is 0. The number of esters is 1. The summed E-state index contributed by atoms with van der Waals surface area (Å²) in [6.45, 7) is 2.51. The lowest BCUT2D eigenvalue weighted by Crippen LogP contribution is -2.23. The van der Waals surface area contributed by atoms with Gasteiger partial charge in [0.25, 0.3) is 0 Å². The summed E-state index contributed by atoms with van der Waals surface area (Å²) in [4.78, 5) is 21.2.